The third-order valence-electron chi connectivity index (χ3n) is 2.90. The Morgan fingerprint density at radius 3 is 2.55 bits per heavy atom. The highest BCUT2D eigenvalue weighted by Gasteiger charge is 2.15. The van der Waals surface area contributed by atoms with E-state index in [4.69, 9.17) is 16.7 Å². The second-order valence-electron chi connectivity index (χ2n) is 4.38. The summed E-state index contributed by atoms with van der Waals surface area (Å²) in [4.78, 5) is 22.1. The Bertz CT molecular complexity index is 748. The molecule has 3 N–H and O–H groups in total. The number of amides is 1. The van der Waals surface area contributed by atoms with Gasteiger partial charge in [-0.1, -0.05) is 17.7 Å². The maximum absolute atomic E-state index is 12.1. The largest absolute Gasteiger partial charge is 0.507 e. The summed E-state index contributed by atoms with van der Waals surface area (Å²) in [6.07, 6.45) is 0. The van der Waals surface area contributed by atoms with E-state index in [1.165, 1.54) is 30.3 Å². The van der Waals surface area contributed by atoms with Gasteiger partial charge in [0.1, 0.15) is 5.75 Å². The highest BCUT2D eigenvalue weighted by atomic mass is 35.5. The Labute approximate surface area is 129 Å². The lowest BCUT2D eigenvalue weighted by Gasteiger charge is -2.09. The maximum atomic E-state index is 12.1. The van der Waals surface area contributed by atoms with Crippen molar-refractivity contribution in [2.45, 2.75) is 6.61 Å². The summed E-state index contributed by atoms with van der Waals surface area (Å²) in [6.45, 7) is -0.260. The molecule has 0 radical (unpaired) electrons. The lowest BCUT2D eigenvalue weighted by Crippen LogP contribution is -2.12. The van der Waals surface area contributed by atoms with Crippen molar-refractivity contribution in [1.29, 1.82) is 0 Å². The molecule has 0 atom stereocenters. The third-order valence-corrected chi connectivity index (χ3v) is 3.21. The van der Waals surface area contributed by atoms with Crippen LogP contribution < -0.4 is 5.32 Å². The van der Waals surface area contributed by atoms with Crippen molar-refractivity contribution in [1.82, 2.24) is 0 Å². The fraction of sp³-hybridized carbons (Fsp3) is 0.0714. The lowest BCUT2D eigenvalue weighted by molar-refractivity contribution is -0.384. The van der Waals surface area contributed by atoms with Crippen LogP contribution in [0.1, 0.15) is 15.9 Å². The highest BCUT2D eigenvalue weighted by molar-refractivity contribution is 6.34. The molecular formula is C14H11ClN2O5. The van der Waals surface area contributed by atoms with Crippen molar-refractivity contribution in [2.24, 2.45) is 0 Å². The SMILES string of the molecule is O=C(Nc1ccc([N+](=O)[O-])cc1Cl)c1ccc(CO)cc1O. The molecule has 0 heterocycles. The van der Waals surface area contributed by atoms with E-state index in [0.717, 1.165) is 6.07 Å². The number of hydrogen-bond acceptors (Lipinski definition) is 5. The zero-order valence-corrected chi connectivity index (χ0v) is 11.9. The first kappa shape index (κ1) is 15.7. The maximum Gasteiger partial charge on any atom is 0.271 e. The first-order chi connectivity index (χ1) is 10.4. The fourth-order valence-electron chi connectivity index (χ4n) is 1.78. The molecule has 0 unspecified atom stereocenters. The van der Waals surface area contributed by atoms with Crippen LogP contribution in [0.25, 0.3) is 0 Å². The van der Waals surface area contributed by atoms with Crippen LogP contribution in [-0.2, 0) is 6.61 Å². The Kier molecular flexibility index (Phi) is 4.59. The Morgan fingerprint density at radius 1 is 1.27 bits per heavy atom. The first-order valence-corrected chi connectivity index (χ1v) is 6.48. The second-order valence-corrected chi connectivity index (χ2v) is 4.79. The number of non-ortho nitro benzene ring substituents is 1. The standard InChI is InChI=1S/C14H11ClN2O5/c15-11-6-9(17(21)22)2-4-12(11)16-14(20)10-3-1-8(7-18)5-13(10)19/h1-6,18-19H,7H2,(H,16,20). The molecule has 2 aromatic carbocycles. The van der Waals surface area contributed by atoms with Gasteiger partial charge in [0.05, 0.1) is 27.8 Å². The normalized spacial score (nSPS) is 10.3. The van der Waals surface area contributed by atoms with Crippen molar-refractivity contribution >= 4 is 28.9 Å². The van der Waals surface area contributed by atoms with Crippen molar-refractivity contribution in [2.75, 3.05) is 5.32 Å². The Hall–Kier alpha value is -2.64. The van der Waals surface area contributed by atoms with Gasteiger partial charge in [-0.05, 0) is 23.8 Å². The number of hydrogen-bond donors (Lipinski definition) is 3. The number of rotatable bonds is 4. The minimum absolute atomic E-state index is 0.00776. The minimum Gasteiger partial charge on any atom is -0.507 e. The smallest absolute Gasteiger partial charge is 0.271 e. The van der Waals surface area contributed by atoms with Gasteiger partial charge in [0.15, 0.2) is 0 Å². The number of nitro benzene ring substituents is 1. The van der Waals surface area contributed by atoms with Gasteiger partial charge in [0, 0.05) is 12.1 Å². The molecule has 0 aliphatic heterocycles. The van der Waals surface area contributed by atoms with E-state index in [2.05, 4.69) is 5.32 Å². The second kappa shape index (κ2) is 6.42. The number of halogens is 1. The van der Waals surface area contributed by atoms with Crippen LogP contribution in [0.5, 0.6) is 5.75 Å². The van der Waals surface area contributed by atoms with Gasteiger partial charge >= 0.3 is 0 Å². The summed E-state index contributed by atoms with van der Waals surface area (Å²) in [5, 5.41) is 31.8. The number of nitro groups is 1. The quantitative estimate of drug-likeness (QED) is 0.591. The van der Waals surface area contributed by atoms with Gasteiger partial charge in [-0.3, -0.25) is 14.9 Å². The van der Waals surface area contributed by atoms with Crippen LogP contribution >= 0.6 is 11.6 Å². The van der Waals surface area contributed by atoms with E-state index in [1.54, 1.807) is 0 Å². The molecule has 0 saturated heterocycles. The molecule has 22 heavy (non-hydrogen) atoms. The summed E-state index contributed by atoms with van der Waals surface area (Å²) in [5.41, 5.74) is 0.440. The van der Waals surface area contributed by atoms with Crippen LogP contribution in [0, 0.1) is 10.1 Å². The van der Waals surface area contributed by atoms with Gasteiger partial charge in [0.2, 0.25) is 0 Å². The predicted molar refractivity (Wildman–Crippen MR) is 80.1 cm³/mol. The number of nitrogens with one attached hydrogen (secondary N) is 1. The zero-order valence-electron chi connectivity index (χ0n) is 11.1. The number of benzene rings is 2. The average molecular weight is 323 g/mol. The van der Waals surface area contributed by atoms with Gasteiger partial charge in [-0.25, -0.2) is 0 Å². The van der Waals surface area contributed by atoms with Crippen molar-refractivity contribution in [3.63, 3.8) is 0 Å². The van der Waals surface area contributed by atoms with Gasteiger partial charge in [-0.2, -0.15) is 0 Å². The molecule has 0 aliphatic carbocycles. The molecule has 0 aliphatic rings. The summed E-state index contributed by atoms with van der Waals surface area (Å²) in [6, 6.07) is 7.74. The number of aliphatic hydroxyl groups excluding tert-OH is 1. The summed E-state index contributed by atoms with van der Waals surface area (Å²) in [7, 11) is 0. The third kappa shape index (κ3) is 3.33. The summed E-state index contributed by atoms with van der Waals surface area (Å²) in [5.74, 6) is -0.917. The van der Waals surface area contributed by atoms with E-state index in [9.17, 15) is 20.0 Å². The molecule has 0 fully saturated rings. The Balaban J connectivity index is 2.24. The molecule has 0 aromatic heterocycles. The van der Waals surface area contributed by atoms with E-state index >= 15 is 0 Å². The topological polar surface area (TPSA) is 113 Å². The molecule has 0 spiro atoms. The van der Waals surface area contributed by atoms with Crippen molar-refractivity contribution in [3.8, 4) is 5.75 Å². The van der Waals surface area contributed by atoms with E-state index in [-0.39, 0.29) is 34.3 Å². The zero-order chi connectivity index (χ0) is 16.3. The molecular weight excluding hydrogens is 312 g/mol. The summed E-state index contributed by atoms with van der Waals surface area (Å²) >= 11 is 5.88. The number of nitrogens with zero attached hydrogens (tertiary/aromatic N) is 1. The average Bonchev–Trinajstić information content (AvgIpc) is 2.48. The van der Waals surface area contributed by atoms with E-state index < -0.39 is 10.8 Å². The van der Waals surface area contributed by atoms with Crippen LogP contribution in [-0.4, -0.2) is 21.0 Å². The number of aromatic hydroxyl groups is 1. The van der Waals surface area contributed by atoms with Crippen LogP contribution in [0.2, 0.25) is 5.02 Å². The van der Waals surface area contributed by atoms with Gasteiger partial charge in [0.25, 0.3) is 11.6 Å². The molecule has 1 amide bonds. The Morgan fingerprint density at radius 2 is 2.00 bits per heavy atom. The molecule has 2 aromatic rings. The number of anilines is 1. The fourth-order valence-corrected chi connectivity index (χ4v) is 2.00. The molecule has 0 bridgehead atoms. The van der Waals surface area contributed by atoms with Crippen molar-refractivity contribution < 1.29 is 19.9 Å². The molecule has 2 rings (SSSR count). The first-order valence-electron chi connectivity index (χ1n) is 6.10. The number of carbonyl (C=O) groups excluding carboxylic acids is 1. The van der Waals surface area contributed by atoms with Gasteiger partial charge in [-0.15, -0.1) is 0 Å². The lowest BCUT2D eigenvalue weighted by atomic mass is 10.1. The monoisotopic (exact) mass is 322 g/mol. The number of carbonyl (C=O) groups is 1. The van der Waals surface area contributed by atoms with Crippen LogP contribution in [0.15, 0.2) is 36.4 Å². The highest BCUT2D eigenvalue weighted by Crippen LogP contribution is 2.28. The number of phenolic OH excluding ortho intramolecular Hbond substituents is 1. The molecule has 0 saturated carbocycles. The summed E-state index contributed by atoms with van der Waals surface area (Å²) < 4.78 is 0. The van der Waals surface area contributed by atoms with Crippen LogP contribution in [0.4, 0.5) is 11.4 Å². The van der Waals surface area contributed by atoms with Crippen molar-refractivity contribution in [3.05, 3.63) is 62.7 Å². The number of phenols is 1. The van der Waals surface area contributed by atoms with Crippen LogP contribution in [0.3, 0.4) is 0 Å². The van der Waals surface area contributed by atoms with Gasteiger partial charge < -0.3 is 15.5 Å². The number of aliphatic hydroxyl groups is 1. The predicted octanol–water partition coefficient (Wildman–Crippen LogP) is 2.70. The molecule has 7 nitrogen and oxygen atoms in total. The molecule has 8 heteroatoms. The van der Waals surface area contributed by atoms with E-state index in [1.807, 2.05) is 0 Å². The van der Waals surface area contributed by atoms with E-state index in [0.29, 0.717) is 5.56 Å². The molecule has 114 valence electrons. The minimum atomic E-state index is -0.627.